The fourth-order valence-corrected chi connectivity index (χ4v) is 4.58. The summed E-state index contributed by atoms with van der Waals surface area (Å²) in [4.78, 5) is 30.1. The van der Waals surface area contributed by atoms with Crippen LogP contribution >= 0.6 is 23.1 Å². The van der Waals surface area contributed by atoms with Crippen molar-refractivity contribution in [3.05, 3.63) is 28.0 Å². The second-order valence-corrected chi connectivity index (χ2v) is 8.24. The standard InChI is InChI=1S/C17H17F3N6O3S2/c1-4-29-14(28)12-11(10-7(2)5-8(3)22-13(10)31-12)23-9(27)6-30-16-25-24-15(26(16)21)17(18,19)20/h5H,4,6,21H2,1-3H3,(H,23,27). The molecule has 0 bridgehead atoms. The molecule has 0 aliphatic heterocycles. The highest BCUT2D eigenvalue weighted by Gasteiger charge is 2.38. The highest BCUT2D eigenvalue weighted by molar-refractivity contribution is 7.99. The van der Waals surface area contributed by atoms with Gasteiger partial charge in [-0.15, -0.1) is 21.5 Å². The van der Waals surface area contributed by atoms with Gasteiger partial charge in [0, 0.05) is 11.1 Å². The summed E-state index contributed by atoms with van der Waals surface area (Å²) in [5.41, 5.74) is 1.80. The maximum absolute atomic E-state index is 12.8. The van der Waals surface area contributed by atoms with Gasteiger partial charge in [0.05, 0.1) is 18.0 Å². The molecule has 0 unspecified atom stereocenters. The smallest absolute Gasteiger partial charge is 0.453 e. The molecule has 14 heteroatoms. The maximum Gasteiger partial charge on any atom is 0.453 e. The molecule has 166 valence electrons. The van der Waals surface area contributed by atoms with Gasteiger partial charge < -0.3 is 15.9 Å². The normalized spacial score (nSPS) is 11.7. The number of rotatable bonds is 6. The first-order valence-electron chi connectivity index (χ1n) is 8.81. The molecule has 0 spiro atoms. The summed E-state index contributed by atoms with van der Waals surface area (Å²) in [5.74, 6) is 2.49. The molecule has 0 aliphatic carbocycles. The molecule has 1 amide bonds. The average molecular weight is 474 g/mol. The van der Waals surface area contributed by atoms with Crippen LogP contribution in [-0.4, -0.2) is 44.1 Å². The molecule has 3 heterocycles. The average Bonchev–Trinajstić information content (AvgIpc) is 3.20. The highest BCUT2D eigenvalue weighted by Crippen LogP contribution is 2.38. The van der Waals surface area contributed by atoms with E-state index in [0.717, 1.165) is 22.6 Å². The molecular weight excluding hydrogens is 457 g/mol. The van der Waals surface area contributed by atoms with Gasteiger partial charge in [0.2, 0.25) is 11.1 Å². The van der Waals surface area contributed by atoms with E-state index in [1.165, 1.54) is 0 Å². The molecule has 0 aliphatic rings. The van der Waals surface area contributed by atoms with Crippen molar-refractivity contribution in [1.29, 1.82) is 0 Å². The van der Waals surface area contributed by atoms with Gasteiger partial charge in [-0.3, -0.25) is 4.79 Å². The third-order valence-electron chi connectivity index (χ3n) is 3.96. The van der Waals surface area contributed by atoms with E-state index in [1.54, 1.807) is 6.92 Å². The lowest BCUT2D eigenvalue weighted by Crippen LogP contribution is -2.22. The van der Waals surface area contributed by atoms with Crippen LogP contribution in [0.2, 0.25) is 0 Å². The maximum atomic E-state index is 12.8. The Morgan fingerprint density at radius 3 is 2.65 bits per heavy atom. The number of pyridine rings is 1. The van der Waals surface area contributed by atoms with Gasteiger partial charge >= 0.3 is 12.1 Å². The first kappa shape index (κ1) is 22.8. The summed E-state index contributed by atoms with van der Waals surface area (Å²) in [5, 5.41) is 9.33. The minimum Gasteiger partial charge on any atom is -0.462 e. The Balaban J connectivity index is 1.85. The summed E-state index contributed by atoms with van der Waals surface area (Å²) in [6.45, 7) is 5.43. The molecule has 3 aromatic rings. The zero-order valence-corrected chi connectivity index (χ0v) is 18.2. The predicted octanol–water partition coefficient (Wildman–Crippen LogP) is 3.14. The molecule has 0 radical (unpaired) electrons. The van der Waals surface area contributed by atoms with Crippen LogP contribution in [0.15, 0.2) is 11.2 Å². The fourth-order valence-electron chi connectivity index (χ4n) is 2.78. The van der Waals surface area contributed by atoms with Gasteiger partial charge in [-0.05, 0) is 32.4 Å². The Labute approximate surface area is 182 Å². The summed E-state index contributed by atoms with van der Waals surface area (Å²) < 4.78 is 43.7. The molecule has 0 fully saturated rings. The first-order valence-corrected chi connectivity index (χ1v) is 10.6. The highest BCUT2D eigenvalue weighted by atomic mass is 32.2. The van der Waals surface area contributed by atoms with Gasteiger partial charge in [0.15, 0.2) is 0 Å². The lowest BCUT2D eigenvalue weighted by atomic mass is 10.1. The number of nitrogens with zero attached hydrogens (tertiary/aromatic N) is 4. The van der Waals surface area contributed by atoms with Crippen molar-refractivity contribution in [3.63, 3.8) is 0 Å². The largest absolute Gasteiger partial charge is 0.462 e. The number of hydrogen-bond acceptors (Lipinski definition) is 9. The number of hydrogen-bond donors (Lipinski definition) is 2. The number of thioether (sulfide) groups is 1. The molecule has 0 atom stereocenters. The van der Waals surface area contributed by atoms with E-state index in [0.29, 0.717) is 22.0 Å². The number of alkyl halides is 3. The number of carbonyl (C=O) groups is 2. The van der Waals surface area contributed by atoms with Gasteiger partial charge in [0.1, 0.15) is 9.71 Å². The Kier molecular flexibility index (Phi) is 6.40. The van der Waals surface area contributed by atoms with Crippen molar-refractivity contribution in [3.8, 4) is 0 Å². The Morgan fingerprint density at radius 1 is 1.32 bits per heavy atom. The second-order valence-electron chi connectivity index (χ2n) is 6.30. The Morgan fingerprint density at radius 2 is 2.03 bits per heavy atom. The van der Waals surface area contributed by atoms with E-state index in [-0.39, 0.29) is 32.8 Å². The third kappa shape index (κ3) is 4.74. The van der Waals surface area contributed by atoms with Crippen LogP contribution in [0.1, 0.15) is 33.7 Å². The Hall–Kier alpha value is -2.87. The fraction of sp³-hybridized carbons (Fsp3) is 0.353. The van der Waals surface area contributed by atoms with Crippen molar-refractivity contribution >= 4 is 50.9 Å². The summed E-state index contributed by atoms with van der Waals surface area (Å²) in [6.07, 6.45) is -4.77. The number of amides is 1. The summed E-state index contributed by atoms with van der Waals surface area (Å²) in [7, 11) is 0. The molecule has 31 heavy (non-hydrogen) atoms. The predicted molar refractivity (Wildman–Crippen MR) is 110 cm³/mol. The third-order valence-corrected chi connectivity index (χ3v) is 5.97. The van der Waals surface area contributed by atoms with Crippen LogP contribution in [-0.2, 0) is 15.7 Å². The van der Waals surface area contributed by atoms with Crippen molar-refractivity contribution in [2.75, 3.05) is 23.5 Å². The number of aryl methyl sites for hydroxylation is 2. The number of fused-ring (bicyclic) bond motifs is 1. The molecule has 0 saturated carbocycles. The van der Waals surface area contributed by atoms with Crippen LogP contribution in [0.25, 0.3) is 10.2 Å². The van der Waals surface area contributed by atoms with Crippen molar-refractivity contribution in [2.24, 2.45) is 0 Å². The van der Waals surface area contributed by atoms with E-state index >= 15 is 0 Å². The quantitative estimate of drug-likeness (QED) is 0.317. The first-order chi connectivity index (χ1) is 14.5. The molecule has 3 N–H and O–H groups in total. The number of anilines is 1. The zero-order valence-electron chi connectivity index (χ0n) is 16.5. The molecule has 0 aromatic carbocycles. The number of ether oxygens (including phenoxy) is 1. The van der Waals surface area contributed by atoms with Crippen molar-refractivity contribution in [2.45, 2.75) is 32.1 Å². The minimum atomic E-state index is -4.77. The molecule has 0 saturated heterocycles. The van der Waals surface area contributed by atoms with Crippen LogP contribution in [0, 0.1) is 13.8 Å². The van der Waals surface area contributed by atoms with Crippen LogP contribution < -0.4 is 11.2 Å². The monoisotopic (exact) mass is 474 g/mol. The summed E-state index contributed by atoms with van der Waals surface area (Å²) >= 11 is 1.76. The number of carbonyl (C=O) groups excluding carboxylic acids is 2. The van der Waals surface area contributed by atoms with Crippen molar-refractivity contribution in [1.82, 2.24) is 19.9 Å². The van der Waals surface area contributed by atoms with E-state index in [2.05, 4.69) is 20.5 Å². The van der Waals surface area contributed by atoms with E-state index < -0.39 is 23.9 Å². The zero-order chi connectivity index (χ0) is 22.9. The number of nitrogens with one attached hydrogen (secondary N) is 1. The number of aromatic nitrogens is 4. The number of halogens is 3. The molecule has 9 nitrogen and oxygen atoms in total. The SMILES string of the molecule is CCOC(=O)c1sc2nc(C)cc(C)c2c1NC(=O)CSc1nnc(C(F)(F)F)n1N. The topological polar surface area (TPSA) is 125 Å². The van der Waals surface area contributed by atoms with Gasteiger partial charge in [-0.25, -0.2) is 14.5 Å². The number of esters is 1. The van der Waals surface area contributed by atoms with Crippen LogP contribution in [0.5, 0.6) is 0 Å². The van der Waals surface area contributed by atoms with Gasteiger partial charge in [-0.1, -0.05) is 11.8 Å². The van der Waals surface area contributed by atoms with Crippen LogP contribution in [0.3, 0.4) is 0 Å². The van der Waals surface area contributed by atoms with Crippen LogP contribution in [0.4, 0.5) is 18.9 Å². The number of nitrogen functional groups attached to an aromatic ring is 1. The summed E-state index contributed by atoms with van der Waals surface area (Å²) in [6, 6.07) is 1.81. The van der Waals surface area contributed by atoms with Crippen molar-refractivity contribution < 1.29 is 27.5 Å². The molecular formula is C17H17F3N6O3S2. The second kappa shape index (κ2) is 8.70. The number of thiophene rings is 1. The van der Waals surface area contributed by atoms with E-state index in [4.69, 9.17) is 10.6 Å². The lowest BCUT2D eigenvalue weighted by Gasteiger charge is -2.09. The lowest BCUT2D eigenvalue weighted by molar-refractivity contribution is -0.146. The van der Waals surface area contributed by atoms with E-state index in [1.807, 2.05) is 19.9 Å². The van der Waals surface area contributed by atoms with E-state index in [9.17, 15) is 22.8 Å². The molecule has 3 aromatic heterocycles. The minimum absolute atomic E-state index is 0.148. The number of nitrogens with two attached hydrogens (primary N) is 1. The van der Waals surface area contributed by atoms with Gasteiger partial charge in [0.25, 0.3) is 5.82 Å². The Bertz CT molecular complexity index is 1160. The van der Waals surface area contributed by atoms with Gasteiger partial charge in [-0.2, -0.15) is 13.2 Å². The molecule has 3 rings (SSSR count).